The van der Waals surface area contributed by atoms with Crippen molar-refractivity contribution in [3.8, 4) is 22.3 Å². The maximum atomic E-state index is 7.23. The van der Waals surface area contributed by atoms with Gasteiger partial charge in [-0.1, -0.05) is 159 Å². The van der Waals surface area contributed by atoms with Crippen LogP contribution in [-0.2, 0) is 5.41 Å². The van der Waals surface area contributed by atoms with E-state index in [2.05, 4.69) is 260 Å². The summed E-state index contributed by atoms with van der Waals surface area (Å²) in [6.07, 6.45) is 0. The van der Waals surface area contributed by atoms with Gasteiger partial charge in [0.2, 0.25) is 0 Å². The van der Waals surface area contributed by atoms with Crippen molar-refractivity contribution in [2.75, 3.05) is 14.6 Å². The maximum absolute atomic E-state index is 7.23. The highest BCUT2D eigenvalue weighted by molar-refractivity contribution is 7.99. The van der Waals surface area contributed by atoms with Crippen LogP contribution in [0.4, 0.5) is 45.5 Å². The summed E-state index contributed by atoms with van der Waals surface area (Å²) < 4.78 is 7.23. The highest BCUT2D eigenvalue weighted by atomic mass is 32.2. The minimum Gasteiger partial charge on any atom is -0.455 e. The second-order valence-corrected chi connectivity index (χ2v) is 20.4. The lowest BCUT2D eigenvalue weighted by Crippen LogP contribution is -2.61. The van der Waals surface area contributed by atoms with Crippen molar-refractivity contribution in [1.82, 2.24) is 0 Å². The van der Waals surface area contributed by atoms with E-state index in [1.54, 1.807) is 0 Å². The molecule has 332 valence electrons. The summed E-state index contributed by atoms with van der Waals surface area (Å²) in [6, 6.07) is 82.4. The lowest BCUT2D eigenvalue weighted by atomic mass is 9.43. The Labute approximate surface area is 413 Å². The molecule has 0 bridgehead atoms. The van der Waals surface area contributed by atoms with E-state index in [4.69, 9.17) is 4.42 Å². The molecular weight excluding hydrogens is 870 g/mol. The molecule has 3 aliphatic heterocycles. The van der Waals surface area contributed by atoms with Gasteiger partial charge < -0.3 is 19.0 Å². The highest BCUT2D eigenvalue weighted by Crippen LogP contribution is 2.56. The summed E-state index contributed by atoms with van der Waals surface area (Å²) in [6.45, 7) is 6.75. The molecule has 10 aromatic carbocycles. The number of hydrogen-bond acceptors (Lipinski definition) is 5. The number of nitrogens with zero attached hydrogens (tertiary/aromatic N) is 3. The van der Waals surface area contributed by atoms with Crippen LogP contribution in [-0.4, -0.2) is 6.85 Å². The van der Waals surface area contributed by atoms with Gasteiger partial charge in [-0.25, -0.2) is 0 Å². The third kappa shape index (κ3) is 6.12. The van der Waals surface area contributed by atoms with Crippen molar-refractivity contribution in [3.05, 3.63) is 241 Å². The van der Waals surface area contributed by atoms with Crippen LogP contribution in [0.2, 0.25) is 0 Å². The van der Waals surface area contributed by atoms with E-state index in [9.17, 15) is 0 Å². The smallest absolute Gasteiger partial charge is 0.333 e. The van der Waals surface area contributed by atoms with Crippen LogP contribution in [0.25, 0.3) is 44.2 Å². The molecule has 1 aromatic heterocycles. The molecule has 0 spiro atoms. The number of furan rings is 1. The minimum absolute atomic E-state index is 0.254. The van der Waals surface area contributed by atoms with Crippen molar-refractivity contribution in [2.24, 2.45) is 0 Å². The van der Waals surface area contributed by atoms with Crippen LogP contribution in [0.15, 0.2) is 239 Å². The van der Waals surface area contributed by atoms with E-state index in [-0.39, 0.29) is 12.3 Å². The van der Waals surface area contributed by atoms with Crippen LogP contribution in [0, 0.1) is 6.92 Å². The summed E-state index contributed by atoms with van der Waals surface area (Å²) in [5, 5.41) is 2.23. The first-order chi connectivity index (χ1) is 34.4. The molecule has 0 aliphatic carbocycles. The molecule has 70 heavy (non-hydrogen) atoms. The van der Waals surface area contributed by atoms with Crippen LogP contribution in [0.5, 0.6) is 0 Å². The van der Waals surface area contributed by atoms with E-state index in [0.29, 0.717) is 0 Å². The quantitative estimate of drug-likeness (QED) is 0.155. The van der Waals surface area contributed by atoms with Crippen molar-refractivity contribution >= 4 is 97.0 Å². The number of hydrogen-bond donors (Lipinski definition) is 0. The van der Waals surface area contributed by atoms with E-state index in [1.807, 2.05) is 11.8 Å². The Morgan fingerprint density at radius 3 is 1.97 bits per heavy atom. The third-order valence-electron chi connectivity index (χ3n) is 15.0. The molecule has 0 atom stereocenters. The summed E-state index contributed by atoms with van der Waals surface area (Å²) >= 11 is 1.89. The Kier molecular flexibility index (Phi) is 9.15. The largest absolute Gasteiger partial charge is 0.455 e. The summed E-state index contributed by atoms with van der Waals surface area (Å²) in [5.74, 6) is 0. The first-order valence-electron chi connectivity index (χ1n) is 24.2. The van der Waals surface area contributed by atoms with Gasteiger partial charge in [-0.3, -0.25) is 0 Å². The Morgan fingerprint density at radius 1 is 0.500 bits per heavy atom. The molecule has 14 rings (SSSR count). The van der Waals surface area contributed by atoms with Gasteiger partial charge in [0.25, 0.3) is 0 Å². The Morgan fingerprint density at radius 2 is 1.19 bits per heavy atom. The average molecular weight is 916 g/mol. The highest BCUT2D eigenvalue weighted by Gasteiger charge is 2.48. The fourth-order valence-electron chi connectivity index (χ4n) is 11.7. The van der Waals surface area contributed by atoms with Gasteiger partial charge in [0.05, 0.1) is 0 Å². The van der Waals surface area contributed by atoms with Crippen molar-refractivity contribution in [2.45, 2.75) is 36.0 Å². The second kappa shape index (κ2) is 15.7. The van der Waals surface area contributed by atoms with Gasteiger partial charge >= 0.3 is 6.85 Å². The van der Waals surface area contributed by atoms with Crippen molar-refractivity contribution < 1.29 is 4.42 Å². The van der Waals surface area contributed by atoms with E-state index in [1.165, 1.54) is 54.1 Å². The maximum Gasteiger partial charge on any atom is 0.333 e. The standard InChI is InChI=1S/C64H46BN3OS/c1-41-20-13-16-31-54(41)67-55-35-34-46(66(44-24-9-5-10-25-44)45-26-11-6-12-27-45)37-53(55)65-62-57(67)39-49-48-29-14-17-32-58(48)69-63(49)61(62)50-38-52-60(70-59-33-18-15-30-51(59)64(52,2)3)40-56(50)68(65)47-28-19-23-43(36-47)42-21-7-4-8-22-42/h4-40H,1-3H3. The van der Waals surface area contributed by atoms with Gasteiger partial charge in [-0.05, 0) is 137 Å². The fourth-order valence-corrected chi connectivity index (χ4v) is 13.1. The summed E-state index contributed by atoms with van der Waals surface area (Å²) in [4.78, 5) is 10.2. The molecule has 0 saturated heterocycles. The van der Waals surface area contributed by atoms with Gasteiger partial charge in [0, 0.05) is 82.6 Å². The molecule has 0 N–H and O–H groups in total. The molecule has 0 radical (unpaired) electrons. The number of anilines is 8. The first kappa shape index (κ1) is 40.8. The average Bonchev–Trinajstić information content (AvgIpc) is 3.78. The van der Waals surface area contributed by atoms with E-state index < -0.39 is 0 Å². The van der Waals surface area contributed by atoms with Crippen molar-refractivity contribution in [1.29, 1.82) is 0 Å². The first-order valence-corrected chi connectivity index (χ1v) is 25.0. The van der Waals surface area contributed by atoms with E-state index in [0.717, 1.165) is 73.0 Å². The minimum atomic E-state index is -0.267. The number of rotatable bonds is 6. The van der Waals surface area contributed by atoms with Crippen LogP contribution >= 0.6 is 11.8 Å². The third-order valence-corrected chi connectivity index (χ3v) is 16.1. The molecule has 6 heteroatoms. The van der Waals surface area contributed by atoms with Gasteiger partial charge in [-0.15, -0.1) is 0 Å². The van der Waals surface area contributed by atoms with Crippen LogP contribution < -0.4 is 25.5 Å². The van der Waals surface area contributed by atoms with Gasteiger partial charge in [0.1, 0.15) is 11.2 Å². The van der Waals surface area contributed by atoms with Gasteiger partial charge in [0.15, 0.2) is 0 Å². The van der Waals surface area contributed by atoms with Crippen molar-refractivity contribution in [3.63, 3.8) is 0 Å². The zero-order valence-corrected chi connectivity index (χ0v) is 39.9. The second-order valence-electron chi connectivity index (χ2n) is 19.3. The number of para-hydroxylation sites is 4. The number of benzene rings is 10. The molecule has 0 fully saturated rings. The molecule has 0 unspecified atom stereocenters. The SMILES string of the molecule is Cc1ccccc1N1c2ccc(N(c3ccccc3)c3ccccc3)cc2B2c3c1cc1c(oc4ccccc41)c3-c1cc3c(cc1N2c1cccc(-c2ccccc2)c1)Sc1ccccc1C3(C)C. The lowest BCUT2D eigenvalue weighted by Gasteiger charge is -2.47. The summed E-state index contributed by atoms with van der Waals surface area (Å²) in [7, 11) is 0. The number of aryl methyl sites for hydroxylation is 1. The molecule has 11 aromatic rings. The van der Waals surface area contributed by atoms with Gasteiger partial charge in [-0.2, -0.15) is 0 Å². The predicted molar refractivity (Wildman–Crippen MR) is 295 cm³/mol. The Bertz CT molecular complexity index is 3850. The zero-order chi connectivity index (χ0) is 46.7. The monoisotopic (exact) mass is 915 g/mol. The molecule has 0 saturated carbocycles. The summed E-state index contributed by atoms with van der Waals surface area (Å²) in [5.41, 5.74) is 21.5. The van der Waals surface area contributed by atoms with E-state index >= 15 is 0 Å². The zero-order valence-electron chi connectivity index (χ0n) is 39.1. The molecule has 4 nitrogen and oxygen atoms in total. The lowest BCUT2D eigenvalue weighted by molar-refractivity contribution is 0.607. The number of fused-ring (bicyclic) bond motifs is 10. The van der Waals surface area contributed by atoms with Crippen LogP contribution in [0.1, 0.15) is 30.5 Å². The molecule has 4 heterocycles. The molecule has 3 aliphatic rings. The Balaban J connectivity index is 1.14. The molecule has 0 amide bonds. The van der Waals surface area contributed by atoms with Crippen LogP contribution in [0.3, 0.4) is 0 Å². The predicted octanol–water partition coefficient (Wildman–Crippen LogP) is 16.5. The topological polar surface area (TPSA) is 22.9 Å². The fraction of sp³-hybridized carbons (Fsp3) is 0.0625. The Hall–Kier alpha value is -8.19. The normalized spacial score (nSPS) is 13.9. The molecular formula is C64H46BN3OS.